The molecule has 0 spiro atoms. The van der Waals surface area contributed by atoms with Crippen molar-refractivity contribution < 1.29 is 0 Å². The van der Waals surface area contributed by atoms with Gasteiger partial charge in [0.05, 0.1) is 17.3 Å². The van der Waals surface area contributed by atoms with Gasteiger partial charge in [-0.15, -0.1) is 5.10 Å². The second kappa shape index (κ2) is 4.09. The summed E-state index contributed by atoms with van der Waals surface area (Å²) >= 11 is 0. The Labute approximate surface area is 113 Å². The van der Waals surface area contributed by atoms with E-state index in [1.54, 1.807) is 10.7 Å². The Morgan fingerprint density at radius 3 is 2.75 bits per heavy atom. The lowest BCUT2D eigenvalue weighted by atomic mass is 10.3. The summed E-state index contributed by atoms with van der Waals surface area (Å²) in [5.74, 6) is 0.815. The van der Waals surface area contributed by atoms with Crippen LogP contribution in [0.3, 0.4) is 0 Å². The van der Waals surface area contributed by atoms with Crippen molar-refractivity contribution in [1.29, 1.82) is 0 Å². The highest BCUT2D eigenvalue weighted by Gasteiger charge is 2.15. The van der Waals surface area contributed by atoms with E-state index < -0.39 is 0 Å². The number of nitrogens with zero attached hydrogens (tertiary/aromatic N) is 7. The summed E-state index contributed by atoms with van der Waals surface area (Å²) < 4.78 is 3.47. The molecule has 0 aliphatic carbocycles. The molecule has 0 saturated heterocycles. The molecule has 0 atom stereocenters. The predicted molar refractivity (Wildman–Crippen MR) is 72.6 cm³/mol. The molecule has 3 aromatic heterocycles. The Kier molecular flexibility index (Phi) is 2.26. The van der Waals surface area contributed by atoms with Gasteiger partial charge in [0.25, 0.3) is 0 Å². The smallest absolute Gasteiger partial charge is 0.193 e. The van der Waals surface area contributed by atoms with Gasteiger partial charge in [0.2, 0.25) is 0 Å². The summed E-state index contributed by atoms with van der Waals surface area (Å²) in [6, 6.07) is 9.90. The predicted octanol–water partition coefficient (Wildman–Crippen LogP) is 1.42. The van der Waals surface area contributed by atoms with Gasteiger partial charge in [0.15, 0.2) is 11.3 Å². The van der Waals surface area contributed by atoms with Gasteiger partial charge < -0.3 is 0 Å². The first-order chi connectivity index (χ1) is 9.88. The van der Waals surface area contributed by atoms with Crippen LogP contribution < -0.4 is 0 Å². The minimum atomic E-state index is 0.689. The van der Waals surface area contributed by atoms with Crippen LogP contribution >= 0.6 is 0 Å². The number of rotatable bonds is 2. The molecule has 0 bridgehead atoms. The third-order valence-corrected chi connectivity index (χ3v) is 3.25. The largest absolute Gasteiger partial charge is 0.215 e. The fourth-order valence-electron chi connectivity index (χ4n) is 2.29. The highest BCUT2D eigenvalue weighted by atomic mass is 15.5. The third-order valence-electron chi connectivity index (χ3n) is 3.25. The molecule has 0 fully saturated rings. The summed E-state index contributed by atoms with van der Waals surface area (Å²) in [6.07, 6.45) is 2.50. The molecule has 20 heavy (non-hydrogen) atoms. The highest BCUT2D eigenvalue weighted by Crippen LogP contribution is 2.20. The number of fused-ring (bicyclic) bond motifs is 3. The van der Waals surface area contributed by atoms with Gasteiger partial charge >= 0.3 is 0 Å². The molecule has 0 aliphatic heterocycles. The monoisotopic (exact) mass is 265 g/mol. The summed E-state index contributed by atoms with van der Waals surface area (Å²) in [5, 5.41) is 17.0. The quantitative estimate of drug-likeness (QED) is 0.548. The van der Waals surface area contributed by atoms with Gasteiger partial charge in [-0.05, 0) is 22.6 Å². The molecular weight excluding hydrogens is 254 g/mol. The van der Waals surface area contributed by atoms with E-state index in [0.717, 1.165) is 29.0 Å². The van der Waals surface area contributed by atoms with Gasteiger partial charge in [-0.1, -0.05) is 25.1 Å². The minimum absolute atomic E-state index is 0.689. The summed E-state index contributed by atoms with van der Waals surface area (Å²) in [7, 11) is 0. The van der Waals surface area contributed by atoms with Crippen LogP contribution in [0, 0.1) is 0 Å². The number of hydrogen-bond donors (Lipinski definition) is 0. The molecule has 0 aliphatic rings. The number of para-hydroxylation sites is 1. The zero-order valence-electron chi connectivity index (χ0n) is 10.8. The van der Waals surface area contributed by atoms with Crippen molar-refractivity contribution in [3.05, 3.63) is 42.4 Å². The Bertz CT molecular complexity index is 891. The maximum Gasteiger partial charge on any atom is 0.193 e. The molecule has 1 aromatic carbocycles. The first kappa shape index (κ1) is 11.0. The van der Waals surface area contributed by atoms with Gasteiger partial charge in [0, 0.05) is 6.42 Å². The highest BCUT2D eigenvalue weighted by molar-refractivity contribution is 5.89. The lowest BCUT2D eigenvalue weighted by Gasteiger charge is -2.04. The van der Waals surface area contributed by atoms with E-state index in [-0.39, 0.29) is 0 Å². The zero-order chi connectivity index (χ0) is 13.5. The molecule has 0 amide bonds. The topological polar surface area (TPSA) is 73.8 Å². The van der Waals surface area contributed by atoms with Crippen molar-refractivity contribution in [3.8, 4) is 5.69 Å². The van der Waals surface area contributed by atoms with Crippen LogP contribution in [0.25, 0.3) is 22.4 Å². The maximum absolute atomic E-state index is 4.65. The van der Waals surface area contributed by atoms with Crippen molar-refractivity contribution >= 4 is 16.7 Å². The van der Waals surface area contributed by atoms with Gasteiger partial charge in [-0.25, -0.2) is 9.67 Å². The molecular formula is C13H11N7. The van der Waals surface area contributed by atoms with Crippen molar-refractivity contribution in [2.24, 2.45) is 0 Å². The fourth-order valence-corrected chi connectivity index (χ4v) is 2.29. The van der Waals surface area contributed by atoms with Gasteiger partial charge in [-0.2, -0.15) is 9.61 Å². The SMILES string of the molecule is CCc1nc2c(cnn2-c2ccccc2)c2nnnn12. The van der Waals surface area contributed by atoms with Gasteiger partial charge in [-0.3, -0.25) is 0 Å². The molecule has 3 heterocycles. The van der Waals surface area contributed by atoms with Crippen LogP contribution in [0.15, 0.2) is 36.5 Å². The van der Waals surface area contributed by atoms with Crippen LogP contribution in [-0.4, -0.2) is 34.8 Å². The lowest BCUT2D eigenvalue weighted by molar-refractivity contribution is 0.755. The fraction of sp³-hybridized carbons (Fsp3) is 0.154. The minimum Gasteiger partial charge on any atom is -0.215 e. The van der Waals surface area contributed by atoms with Gasteiger partial charge in [0.1, 0.15) is 5.82 Å². The lowest BCUT2D eigenvalue weighted by Crippen LogP contribution is -2.04. The van der Waals surface area contributed by atoms with Crippen LogP contribution in [0.2, 0.25) is 0 Å². The Morgan fingerprint density at radius 1 is 1.10 bits per heavy atom. The molecule has 0 N–H and O–H groups in total. The summed E-state index contributed by atoms with van der Waals surface area (Å²) in [5.41, 5.74) is 2.43. The van der Waals surface area contributed by atoms with E-state index in [1.807, 2.05) is 41.9 Å². The van der Waals surface area contributed by atoms with E-state index >= 15 is 0 Å². The number of tetrazole rings is 1. The van der Waals surface area contributed by atoms with E-state index in [4.69, 9.17) is 0 Å². The number of benzene rings is 1. The summed E-state index contributed by atoms with van der Waals surface area (Å²) in [6.45, 7) is 2.03. The Hall–Kier alpha value is -2.83. The van der Waals surface area contributed by atoms with Crippen LogP contribution in [-0.2, 0) is 6.42 Å². The van der Waals surface area contributed by atoms with Crippen molar-refractivity contribution in [1.82, 2.24) is 34.8 Å². The van der Waals surface area contributed by atoms with E-state index in [0.29, 0.717) is 5.65 Å². The van der Waals surface area contributed by atoms with E-state index in [2.05, 4.69) is 25.6 Å². The molecule has 0 radical (unpaired) electrons. The Balaban J connectivity index is 2.10. The van der Waals surface area contributed by atoms with Crippen molar-refractivity contribution in [3.63, 3.8) is 0 Å². The summed E-state index contributed by atoms with van der Waals surface area (Å²) in [4.78, 5) is 4.65. The van der Waals surface area contributed by atoms with E-state index in [1.165, 1.54) is 0 Å². The Morgan fingerprint density at radius 2 is 1.95 bits per heavy atom. The standard InChI is InChI=1S/C13H11N7/c1-2-11-15-12-10(13-16-17-18-20(11)13)8-14-19(12)9-6-4-3-5-7-9/h3-8H,2H2,1H3. The second-order valence-electron chi connectivity index (χ2n) is 4.43. The molecule has 0 unspecified atom stereocenters. The van der Waals surface area contributed by atoms with Crippen LogP contribution in [0.5, 0.6) is 0 Å². The molecule has 98 valence electrons. The average Bonchev–Trinajstić information content (AvgIpc) is 3.13. The zero-order valence-corrected chi connectivity index (χ0v) is 10.8. The van der Waals surface area contributed by atoms with Crippen LogP contribution in [0.1, 0.15) is 12.7 Å². The normalized spacial score (nSPS) is 11.4. The number of aromatic nitrogens is 7. The first-order valence-electron chi connectivity index (χ1n) is 6.38. The molecule has 7 heteroatoms. The molecule has 0 saturated carbocycles. The van der Waals surface area contributed by atoms with Crippen molar-refractivity contribution in [2.75, 3.05) is 0 Å². The first-order valence-corrected chi connectivity index (χ1v) is 6.38. The second-order valence-corrected chi connectivity index (χ2v) is 4.43. The van der Waals surface area contributed by atoms with Crippen LogP contribution in [0.4, 0.5) is 0 Å². The molecule has 7 nitrogen and oxygen atoms in total. The number of hydrogen-bond acceptors (Lipinski definition) is 5. The maximum atomic E-state index is 4.65. The third kappa shape index (κ3) is 1.43. The average molecular weight is 265 g/mol. The van der Waals surface area contributed by atoms with Crippen molar-refractivity contribution in [2.45, 2.75) is 13.3 Å². The van der Waals surface area contributed by atoms with E-state index in [9.17, 15) is 0 Å². The number of aryl methyl sites for hydroxylation is 1. The molecule has 4 rings (SSSR count). The molecule has 4 aromatic rings.